The van der Waals surface area contributed by atoms with Crippen molar-refractivity contribution in [3.05, 3.63) is 0 Å². The van der Waals surface area contributed by atoms with Gasteiger partial charge < -0.3 is 19.3 Å². The van der Waals surface area contributed by atoms with Crippen LogP contribution in [0.25, 0.3) is 0 Å². The molecule has 80 valence electrons. The first-order valence-electron chi connectivity index (χ1n) is 4.54. The first kappa shape index (κ1) is 12.8. The Kier molecular flexibility index (Phi) is 8.33. The van der Waals surface area contributed by atoms with Gasteiger partial charge in [-0.05, 0) is 13.8 Å². The minimum Gasteiger partial charge on any atom is -0.391 e. The number of rotatable bonds is 8. The molecule has 0 aliphatic rings. The second kappa shape index (κ2) is 8.44. The van der Waals surface area contributed by atoms with Crippen LogP contribution in [0.15, 0.2) is 0 Å². The average molecular weight is 192 g/mol. The number of methoxy groups -OCH3 is 1. The molecule has 0 aromatic heterocycles. The molecule has 2 atom stereocenters. The molecule has 0 radical (unpaired) electrons. The summed E-state index contributed by atoms with van der Waals surface area (Å²) in [5.74, 6) is 0. The van der Waals surface area contributed by atoms with Gasteiger partial charge in [-0.25, -0.2) is 0 Å². The minimum atomic E-state index is -0.432. The highest BCUT2D eigenvalue weighted by atomic mass is 16.5. The van der Waals surface area contributed by atoms with E-state index in [0.717, 1.165) is 0 Å². The van der Waals surface area contributed by atoms with Gasteiger partial charge in [-0.15, -0.1) is 0 Å². The van der Waals surface area contributed by atoms with Crippen molar-refractivity contribution in [1.29, 1.82) is 0 Å². The summed E-state index contributed by atoms with van der Waals surface area (Å²) < 4.78 is 15.2. The number of ether oxygens (including phenoxy) is 3. The lowest BCUT2D eigenvalue weighted by Gasteiger charge is -2.15. The average Bonchev–Trinajstić information content (AvgIpc) is 2.10. The predicted molar refractivity (Wildman–Crippen MR) is 49.8 cm³/mol. The zero-order valence-electron chi connectivity index (χ0n) is 8.66. The van der Waals surface area contributed by atoms with Crippen molar-refractivity contribution >= 4 is 0 Å². The summed E-state index contributed by atoms with van der Waals surface area (Å²) in [5, 5.41) is 9.08. The molecule has 1 N–H and O–H groups in total. The van der Waals surface area contributed by atoms with Crippen LogP contribution >= 0.6 is 0 Å². The van der Waals surface area contributed by atoms with Crippen LogP contribution < -0.4 is 0 Å². The van der Waals surface area contributed by atoms with Crippen molar-refractivity contribution in [2.45, 2.75) is 26.1 Å². The van der Waals surface area contributed by atoms with E-state index in [4.69, 9.17) is 19.3 Å². The van der Waals surface area contributed by atoms with E-state index in [1.807, 2.05) is 6.92 Å². The van der Waals surface area contributed by atoms with Gasteiger partial charge in [-0.2, -0.15) is 0 Å². The number of hydrogen-bond acceptors (Lipinski definition) is 4. The second-order valence-electron chi connectivity index (χ2n) is 2.92. The van der Waals surface area contributed by atoms with Crippen LogP contribution in [0.2, 0.25) is 0 Å². The topological polar surface area (TPSA) is 47.9 Å². The number of aliphatic hydroxyl groups is 1. The van der Waals surface area contributed by atoms with Crippen LogP contribution in [0.1, 0.15) is 13.8 Å². The molecular formula is C9H20O4. The Morgan fingerprint density at radius 1 is 1.08 bits per heavy atom. The smallest absolute Gasteiger partial charge is 0.0804 e. The van der Waals surface area contributed by atoms with Crippen molar-refractivity contribution < 1.29 is 19.3 Å². The van der Waals surface area contributed by atoms with Crippen LogP contribution in [0, 0.1) is 0 Å². The van der Waals surface area contributed by atoms with Crippen molar-refractivity contribution in [3.63, 3.8) is 0 Å². The fourth-order valence-corrected chi connectivity index (χ4v) is 0.677. The molecule has 13 heavy (non-hydrogen) atoms. The van der Waals surface area contributed by atoms with E-state index in [-0.39, 0.29) is 6.10 Å². The highest BCUT2D eigenvalue weighted by molar-refractivity contribution is 4.56. The highest BCUT2D eigenvalue weighted by Crippen LogP contribution is 1.96. The maximum atomic E-state index is 9.08. The molecule has 0 aromatic rings. The summed E-state index contributed by atoms with van der Waals surface area (Å²) in [6, 6.07) is 0. The van der Waals surface area contributed by atoms with Crippen LogP contribution in [0.4, 0.5) is 0 Å². The van der Waals surface area contributed by atoms with Crippen molar-refractivity contribution in [1.82, 2.24) is 0 Å². The molecule has 0 fully saturated rings. The zero-order valence-corrected chi connectivity index (χ0v) is 8.66. The van der Waals surface area contributed by atoms with Gasteiger partial charge in [0.15, 0.2) is 0 Å². The Labute approximate surface area is 79.8 Å². The predicted octanol–water partition coefficient (Wildman–Crippen LogP) is 0.435. The molecule has 4 heteroatoms. The fraction of sp³-hybridized carbons (Fsp3) is 1.00. The molecule has 0 rings (SSSR count). The maximum Gasteiger partial charge on any atom is 0.0804 e. The Morgan fingerprint density at radius 3 is 2.23 bits per heavy atom. The molecule has 4 nitrogen and oxygen atoms in total. The van der Waals surface area contributed by atoms with Gasteiger partial charge in [0.1, 0.15) is 0 Å². The standard InChI is InChI=1S/C9H20O4/c1-8(10)9(2)13-7-6-12-5-4-11-3/h8-10H,4-7H2,1-3H3. The van der Waals surface area contributed by atoms with Crippen LogP contribution in [0.3, 0.4) is 0 Å². The highest BCUT2D eigenvalue weighted by Gasteiger charge is 2.07. The third-order valence-electron chi connectivity index (χ3n) is 1.72. The maximum absolute atomic E-state index is 9.08. The Morgan fingerprint density at radius 2 is 1.69 bits per heavy atom. The molecule has 0 bridgehead atoms. The van der Waals surface area contributed by atoms with Gasteiger partial charge in [-0.3, -0.25) is 0 Å². The Balaban J connectivity index is 3.07. The SMILES string of the molecule is COCCOCCOC(C)C(C)O. The minimum absolute atomic E-state index is 0.133. The van der Waals surface area contributed by atoms with E-state index in [2.05, 4.69) is 0 Å². The third kappa shape index (κ3) is 8.18. The molecule has 0 aliphatic carbocycles. The summed E-state index contributed by atoms with van der Waals surface area (Å²) >= 11 is 0. The summed E-state index contributed by atoms with van der Waals surface area (Å²) in [6.45, 7) is 5.78. The van der Waals surface area contributed by atoms with Crippen molar-refractivity contribution in [3.8, 4) is 0 Å². The van der Waals surface area contributed by atoms with Gasteiger partial charge >= 0.3 is 0 Å². The van der Waals surface area contributed by atoms with Crippen LogP contribution in [-0.2, 0) is 14.2 Å². The van der Waals surface area contributed by atoms with Gasteiger partial charge in [0.25, 0.3) is 0 Å². The first-order valence-corrected chi connectivity index (χ1v) is 4.54. The van der Waals surface area contributed by atoms with E-state index >= 15 is 0 Å². The quantitative estimate of drug-likeness (QED) is 0.567. The normalized spacial score (nSPS) is 15.7. The van der Waals surface area contributed by atoms with Gasteiger partial charge in [0, 0.05) is 7.11 Å². The molecule has 0 amide bonds. The molecule has 2 unspecified atom stereocenters. The molecule has 0 heterocycles. The van der Waals surface area contributed by atoms with Crippen LogP contribution in [-0.4, -0.2) is 50.9 Å². The lowest BCUT2D eigenvalue weighted by molar-refractivity contribution is -0.0446. The molecule has 0 aromatic carbocycles. The number of hydrogen-bond donors (Lipinski definition) is 1. The molecular weight excluding hydrogens is 172 g/mol. The summed E-state index contributed by atoms with van der Waals surface area (Å²) in [6.07, 6.45) is -0.565. The first-order chi connectivity index (χ1) is 6.18. The summed E-state index contributed by atoms with van der Waals surface area (Å²) in [7, 11) is 1.63. The zero-order chi connectivity index (χ0) is 10.1. The van der Waals surface area contributed by atoms with E-state index in [0.29, 0.717) is 26.4 Å². The van der Waals surface area contributed by atoms with Crippen molar-refractivity contribution in [2.75, 3.05) is 33.5 Å². The largest absolute Gasteiger partial charge is 0.391 e. The Hall–Kier alpha value is -0.160. The number of aliphatic hydroxyl groups excluding tert-OH is 1. The molecule has 0 spiro atoms. The van der Waals surface area contributed by atoms with Crippen molar-refractivity contribution in [2.24, 2.45) is 0 Å². The monoisotopic (exact) mass is 192 g/mol. The van der Waals surface area contributed by atoms with E-state index in [1.54, 1.807) is 14.0 Å². The molecule has 0 aliphatic heterocycles. The fourth-order valence-electron chi connectivity index (χ4n) is 0.677. The summed E-state index contributed by atoms with van der Waals surface area (Å²) in [5.41, 5.74) is 0. The van der Waals surface area contributed by atoms with E-state index in [1.165, 1.54) is 0 Å². The molecule has 0 saturated carbocycles. The van der Waals surface area contributed by atoms with Crippen LogP contribution in [0.5, 0.6) is 0 Å². The van der Waals surface area contributed by atoms with Gasteiger partial charge in [0.05, 0.1) is 38.6 Å². The summed E-state index contributed by atoms with van der Waals surface area (Å²) in [4.78, 5) is 0. The lowest BCUT2D eigenvalue weighted by atomic mass is 10.3. The third-order valence-corrected chi connectivity index (χ3v) is 1.72. The van der Waals surface area contributed by atoms with Gasteiger partial charge in [0.2, 0.25) is 0 Å². The van der Waals surface area contributed by atoms with E-state index in [9.17, 15) is 0 Å². The van der Waals surface area contributed by atoms with Gasteiger partial charge in [-0.1, -0.05) is 0 Å². The van der Waals surface area contributed by atoms with E-state index < -0.39 is 6.10 Å². The Bertz CT molecular complexity index is 106. The second-order valence-corrected chi connectivity index (χ2v) is 2.92. The lowest BCUT2D eigenvalue weighted by Crippen LogP contribution is -2.24. The molecule has 0 saturated heterocycles.